The first-order chi connectivity index (χ1) is 8.79. The van der Waals surface area contributed by atoms with E-state index in [-0.39, 0.29) is 5.54 Å². The van der Waals surface area contributed by atoms with Gasteiger partial charge in [-0.15, -0.1) is 0 Å². The van der Waals surface area contributed by atoms with Crippen molar-refractivity contribution in [3.05, 3.63) is 0 Å². The van der Waals surface area contributed by atoms with Crippen LogP contribution in [0, 0.1) is 5.92 Å². The Kier molecular flexibility index (Phi) is 6.31. The maximum Gasteiger partial charge on any atom is 0.222 e. The van der Waals surface area contributed by atoms with Crippen molar-refractivity contribution in [3.8, 4) is 0 Å². The van der Waals surface area contributed by atoms with Gasteiger partial charge in [-0.2, -0.15) is 0 Å². The van der Waals surface area contributed by atoms with E-state index in [1.807, 2.05) is 13.8 Å². The first kappa shape index (κ1) is 16.5. The Balaban J connectivity index is 2.53. The molecule has 3 nitrogen and oxygen atoms in total. The van der Waals surface area contributed by atoms with Crippen LogP contribution in [0.4, 0.5) is 0 Å². The molecule has 0 spiro atoms. The fourth-order valence-corrected chi connectivity index (χ4v) is 2.70. The van der Waals surface area contributed by atoms with E-state index in [0.717, 1.165) is 19.4 Å². The zero-order chi connectivity index (χ0) is 14.5. The van der Waals surface area contributed by atoms with Gasteiger partial charge in [0.15, 0.2) is 0 Å². The molecule has 0 aliphatic heterocycles. The molecule has 1 fully saturated rings. The van der Waals surface area contributed by atoms with Crippen molar-refractivity contribution < 1.29 is 4.79 Å². The summed E-state index contributed by atoms with van der Waals surface area (Å²) in [6.45, 7) is 9.36. The molecule has 0 unspecified atom stereocenters. The predicted octanol–water partition coefficient (Wildman–Crippen LogP) is 3.32. The van der Waals surface area contributed by atoms with Gasteiger partial charge < -0.3 is 10.6 Å². The lowest BCUT2D eigenvalue weighted by atomic mass is 9.99. The molecule has 1 aliphatic rings. The van der Waals surface area contributed by atoms with Crippen LogP contribution >= 0.6 is 0 Å². The Morgan fingerprint density at radius 1 is 1.32 bits per heavy atom. The quantitative estimate of drug-likeness (QED) is 0.770. The van der Waals surface area contributed by atoms with Crippen molar-refractivity contribution in [2.45, 2.75) is 84.2 Å². The van der Waals surface area contributed by atoms with Gasteiger partial charge >= 0.3 is 0 Å². The highest BCUT2D eigenvalue weighted by atomic mass is 16.2. The zero-order valence-electron chi connectivity index (χ0n) is 13.2. The van der Waals surface area contributed by atoms with E-state index >= 15 is 0 Å². The molecule has 1 saturated carbocycles. The number of nitrogens with two attached hydrogens (primary N) is 1. The van der Waals surface area contributed by atoms with E-state index in [1.165, 1.54) is 25.7 Å². The monoisotopic (exact) mass is 268 g/mol. The van der Waals surface area contributed by atoms with Crippen LogP contribution in [0.15, 0.2) is 0 Å². The molecule has 0 bridgehead atoms. The molecule has 112 valence electrons. The number of hydrogen-bond acceptors (Lipinski definition) is 2. The van der Waals surface area contributed by atoms with Crippen LogP contribution in [-0.2, 0) is 4.79 Å². The molecule has 1 aliphatic carbocycles. The summed E-state index contributed by atoms with van der Waals surface area (Å²) in [6.07, 6.45) is 7.41. The summed E-state index contributed by atoms with van der Waals surface area (Å²) < 4.78 is 0. The predicted molar refractivity (Wildman–Crippen MR) is 80.9 cm³/mol. The van der Waals surface area contributed by atoms with Gasteiger partial charge in [-0.3, -0.25) is 4.79 Å². The van der Waals surface area contributed by atoms with Crippen molar-refractivity contribution in [1.82, 2.24) is 4.90 Å². The minimum Gasteiger partial charge on any atom is -0.340 e. The lowest BCUT2D eigenvalue weighted by Gasteiger charge is -2.31. The van der Waals surface area contributed by atoms with E-state index < -0.39 is 0 Å². The number of carbonyl (C=O) groups is 1. The average Bonchev–Trinajstić information content (AvgIpc) is 2.79. The molecule has 0 aromatic rings. The van der Waals surface area contributed by atoms with Crippen LogP contribution in [0.1, 0.15) is 72.6 Å². The average molecular weight is 268 g/mol. The minimum atomic E-state index is -0.241. The van der Waals surface area contributed by atoms with Crippen LogP contribution in [0.3, 0.4) is 0 Å². The maximum atomic E-state index is 12.5. The van der Waals surface area contributed by atoms with Gasteiger partial charge in [0.1, 0.15) is 0 Å². The standard InChI is InChI=1S/C16H32N2O/c1-13(2)10-12-18(14-7-5-6-8-14)15(19)9-11-16(3,4)17/h13-14H,5-12,17H2,1-4H3. The SMILES string of the molecule is CC(C)CCN(C(=O)CCC(C)(C)N)C1CCCC1. The molecule has 0 aromatic heterocycles. The third-order valence-corrected chi connectivity index (χ3v) is 4.02. The number of rotatable bonds is 7. The van der Waals surface area contributed by atoms with Gasteiger partial charge in [-0.25, -0.2) is 0 Å². The van der Waals surface area contributed by atoms with Crippen molar-refractivity contribution in [3.63, 3.8) is 0 Å². The summed E-state index contributed by atoms with van der Waals surface area (Å²) in [5, 5.41) is 0. The minimum absolute atomic E-state index is 0.241. The molecule has 3 heteroatoms. The molecule has 19 heavy (non-hydrogen) atoms. The summed E-state index contributed by atoms with van der Waals surface area (Å²) in [5.41, 5.74) is 5.75. The van der Waals surface area contributed by atoms with Gasteiger partial charge in [0.25, 0.3) is 0 Å². The molecular weight excluding hydrogens is 236 g/mol. The molecular formula is C16H32N2O. The third kappa shape index (κ3) is 6.42. The molecule has 0 aromatic carbocycles. The highest BCUT2D eigenvalue weighted by molar-refractivity contribution is 5.76. The Hall–Kier alpha value is -0.570. The Morgan fingerprint density at radius 2 is 1.89 bits per heavy atom. The lowest BCUT2D eigenvalue weighted by molar-refractivity contribution is -0.134. The molecule has 1 amide bonds. The Bertz CT molecular complexity index is 275. The molecule has 2 N–H and O–H groups in total. The van der Waals surface area contributed by atoms with E-state index in [4.69, 9.17) is 5.73 Å². The lowest BCUT2D eigenvalue weighted by Crippen LogP contribution is -2.41. The second-order valence-corrected chi connectivity index (χ2v) is 7.20. The number of nitrogens with zero attached hydrogens (tertiary/aromatic N) is 1. The van der Waals surface area contributed by atoms with Crippen LogP contribution in [-0.4, -0.2) is 28.9 Å². The van der Waals surface area contributed by atoms with Crippen LogP contribution in [0.2, 0.25) is 0 Å². The molecule has 0 radical (unpaired) electrons. The molecule has 0 saturated heterocycles. The number of hydrogen-bond donors (Lipinski definition) is 1. The highest BCUT2D eigenvalue weighted by Gasteiger charge is 2.27. The topological polar surface area (TPSA) is 46.3 Å². The summed E-state index contributed by atoms with van der Waals surface area (Å²) in [7, 11) is 0. The molecule has 0 heterocycles. The van der Waals surface area contributed by atoms with Crippen LogP contribution < -0.4 is 5.73 Å². The van der Waals surface area contributed by atoms with Gasteiger partial charge in [0.05, 0.1) is 0 Å². The molecule has 0 atom stereocenters. The second kappa shape index (κ2) is 7.28. The Labute approximate surface area is 118 Å². The van der Waals surface area contributed by atoms with E-state index in [0.29, 0.717) is 24.3 Å². The van der Waals surface area contributed by atoms with E-state index in [9.17, 15) is 4.79 Å². The first-order valence-corrected chi connectivity index (χ1v) is 7.88. The van der Waals surface area contributed by atoms with Crippen LogP contribution in [0.25, 0.3) is 0 Å². The fourth-order valence-electron chi connectivity index (χ4n) is 2.70. The van der Waals surface area contributed by atoms with Crippen LogP contribution in [0.5, 0.6) is 0 Å². The van der Waals surface area contributed by atoms with Gasteiger partial charge in [0, 0.05) is 24.5 Å². The van der Waals surface area contributed by atoms with Crippen molar-refractivity contribution in [1.29, 1.82) is 0 Å². The summed E-state index contributed by atoms with van der Waals surface area (Å²) in [4.78, 5) is 14.6. The fraction of sp³-hybridized carbons (Fsp3) is 0.938. The number of carbonyl (C=O) groups excluding carboxylic acids is 1. The highest BCUT2D eigenvalue weighted by Crippen LogP contribution is 2.25. The van der Waals surface area contributed by atoms with Crippen molar-refractivity contribution >= 4 is 5.91 Å². The smallest absolute Gasteiger partial charge is 0.222 e. The zero-order valence-corrected chi connectivity index (χ0v) is 13.2. The normalized spacial score (nSPS) is 17.2. The largest absolute Gasteiger partial charge is 0.340 e. The summed E-state index contributed by atoms with van der Waals surface area (Å²) in [6, 6.07) is 0.493. The van der Waals surface area contributed by atoms with Gasteiger partial charge in [0.2, 0.25) is 5.91 Å². The van der Waals surface area contributed by atoms with E-state index in [1.54, 1.807) is 0 Å². The van der Waals surface area contributed by atoms with E-state index in [2.05, 4.69) is 18.7 Å². The first-order valence-electron chi connectivity index (χ1n) is 7.88. The van der Waals surface area contributed by atoms with Gasteiger partial charge in [-0.1, -0.05) is 26.7 Å². The number of amides is 1. The van der Waals surface area contributed by atoms with Crippen molar-refractivity contribution in [2.24, 2.45) is 11.7 Å². The Morgan fingerprint density at radius 3 is 2.37 bits per heavy atom. The van der Waals surface area contributed by atoms with Crippen molar-refractivity contribution in [2.75, 3.05) is 6.54 Å². The van der Waals surface area contributed by atoms with Gasteiger partial charge in [-0.05, 0) is 45.4 Å². The summed E-state index contributed by atoms with van der Waals surface area (Å²) in [5.74, 6) is 0.966. The summed E-state index contributed by atoms with van der Waals surface area (Å²) >= 11 is 0. The maximum absolute atomic E-state index is 12.5. The third-order valence-electron chi connectivity index (χ3n) is 4.02. The molecule has 1 rings (SSSR count). The second-order valence-electron chi connectivity index (χ2n) is 7.20.